The van der Waals surface area contributed by atoms with E-state index in [9.17, 15) is 14.4 Å². The minimum Gasteiger partial charge on any atom is -0.462 e. The highest BCUT2D eigenvalue weighted by Crippen LogP contribution is 2.13. The van der Waals surface area contributed by atoms with Gasteiger partial charge in [0.15, 0.2) is 6.10 Å². The van der Waals surface area contributed by atoms with E-state index < -0.39 is 6.10 Å². The fourth-order valence-corrected chi connectivity index (χ4v) is 7.18. The van der Waals surface area contributed by atoms with Gasteiger partial charge in [0.2, 0.25) is 0 Å². The van der Waals surface area contributed by atoms with Crippen molar-refractivity contribution in [2.24, 2.45) is 0 Å². The SMILES string of the molecule is CCCCCC/C=C/C=C\CCCCCCCC(=O)OCC(COC(=O)CCCCCCC/C=C\C=C\CCCCCC)OC(=O)CCCCCCC/C=C\C=C\CCCCCC. The van der Waals surface area contributed by atoms with Gasteiger partial charge in [0.25, 0.3) is 0 Å². The van der Waals surface area contributed by atoms with Gasteiger partial charge in [-0.3, -0.25) is 14.4 Å². The van der Waals surface area contributed by atoms with Crippen molar-refractivity contribution in [1.82, 2.24) is 0 Å². The summed E-state index contributed by atoms with van der Waals surface area (Å²) in [5.41, 5.74) is 0. The van der Waals surface area contributed by atoms with Gasteiger partial charge >= 0.3 is 17.9 Å². The first kappa shape index (κ1) is 59.9. The Morgan fingerprint density at radius 3 is 0.841 bits per heavy atom. The lowest BCUT2D eigenvalue weighted by atomic mass is 10.1. The Kier molecular flexibility index (Phi) is 48.9. The van der Waals surface area contributed by atoms with E-state index in [2.05, 4.69) is 93.7 Å². The van der Waals surface area contributed by atoms with Crippen LogP contribution >= 0.6 is 0 Å². The van der Waals surface area contributed by atoms with Gasteiger partial charge in [-0.2, -0.15) is 0 Å². The van der Waals surface area contributed by atoms with Crippen LogP contribution in [0.25, 0.3) is 0 Å². The highest BCUT2D eigenvalue weighted by Gasteiger charge is 2.19. The van der Waals surface area contributed by atoms with Crippen molar-refractivity contribution in [3.8, 4) is 0 Å². The smallest absolute Gasteiger partial charge is 0.306 e. The minimum atomic E-state index is -0.796. The Balaban J connectivity index is 4.47. The Morgan fingerprint density at radius 2 is 0.556 bits per heavy atom. The number of unbranched alkanes of at least 4 members (excludes halogenated alkanes) is 27. The molecule has 0 amide bonds. The molecule has 0 bridgehead atoms. The molecule has 6 nitrogen and oxygen atoms in total. The molecule has 0 radical (unpaired) electrons. The first-order valence-corrected chi connectivity index (χ1v) is 26.5. The van der Waals surface area contributed by atoms with E-state index in [1.54, 1.807) is 0 Å². The Hall–Kier alpha value is -3.15. The van der Waals surface area contributed by atoms with Crippen molar-refractivity contribution >= 4 is 17.9 Å². The van der Waals surface area contributed by atoms with Crippen LogP contribution in [0.15, 0.2) is 72.9 Å². The molecular formula is C57H98O6. The van der Waals surface area contributed by atoms with Crippen LogP contribution in [-0.4, -0.2) is 37.2 Å². The lowest BCUT2D eigenvalue weighted by Crippen LogP contribution is -2.30. The second-order valence-corrected chi connectivity index (χ2v) is 17.5. The maximum atomic E-state index is 12.8. The van der Waals surface area contributed by atoms with Gasteiger partial charge in [-0.25, -0.2) is 0 Å². The summed E-state index contributed by atoms with van der Waals surface area (Å²) >= 11 is 0. The summed E-state index contributed by atoms with van der Waals surface area (Å²) in [5.74, 6) is -0.937. The molecule has 63 heavy (non-hydrogen) atoms. The summed E-state index contributed by atoms with van der Waals surface area (Å²) in [7, 11) is 0. The van der Waals surface area contributed by atoms with Crippen LogP contribution in [0, 0.1) is 0 Å². The third-order valence-corrected chi connectivity index (χ3v) is 11.2. The van der Waals surface area contributed by atoms with Crippen LogP contribution in [0.2, 0.25) is 0 Å². The predicted octanol–water partition coefficient (Wildman–Crippen LogP) is 17.4. The standard InChI is InChI=1S/C57H98O6/c1-4-7-10-13-16-19-22-25-28-31-34-37-40-43-46-49-55(58)61-52-54(63-57(60)51-48-45-42-39-36-33-30-27-24-21-18-15-12-9-6-3)53-62-56(59)50-47-44-41-38-35-32-29-26-23-20-17-14-11-8-5-2/h19-30,54H,4-18,31-53H2,1-3H3/b22-19+,23-20+,24-21+,28-25-,29-26-,30-27-. The second-order valence-electron chi connectivity index (χ2n) is 17.5. The van der Waals surface area contributed by atoms with E-state index in [0.29, 0.717) is 19.3 Å². The zero-order valence-corrected chi connectivity index (χ0v) is 41.3. The molecular weight excluding hydrogens is 781 g/mol. The summed E-state index contributed by atoms with van der Waals surface area (Å²) in [4.78, 5) is 38.0. The fraction of sp³-hybridized carbons (Fsp3) is 0.737. The van der Waals surface area contributed by atoms with Gasteiger partial charge in [-0.1, -0.05) is 209 Å². The first-order chi connectivity index (χ1) is 31.0. The topological polar surface area (TPSA) is 78.9 Å². The number of esters is 3. The maximum Gasteiger partial charge on any atom is 0.306 e. The average Bonchev–Trinajstić information content (AvgIpc) is 3.28. The molecule has 0 fully saturated rings. The maximum absolute atomic E-state index is 12.8. The third kappa shape index (κ3) is 49.7. The minimum absolute atomic E-state index is 0.0951. The van der Waals surface area contributed by atoms with E-state index in [1.165, 1.54) is 89.9 Å². The van der Waals surface area contributed by atoms with Crippen molar-refractivity contribution in [1.29, 1.82) is 0 Å². The highest BCUT2D eigenvalue weighted by atomic mass is 16.6. The number of carbonyl (C=O) groups is 3. The molecule has 0 aliphatic heterocycles. The molecule has 0 aromatic heterocycles. The van der Waals surface area contributed by atoms with Crippen LogP contribution in [0.4, 0.5) is 0 Å². The zero-order valence-electron chi connectivity index (χ0n) is 41.3. The highest BCUT2D eigenvalue weighted by molar-refractivity contribution is 5.71. The average molecular weight is 879 g/mol. The van der Waals surface area contributed by atoms with Crippen LogP contribution in [0.3, 0.4) is 0 Å². The van der Waals surface area contributed by atoms with E-state index >= 15 is 0 Å². The van der Waals surface area contributed by atoms with Gasteiger partial charge in [-0.15, -0.1) is 0 Å². The zero-order chi connectivity index (χ0) is 45.8. The van der Waals surface area contributed by atoms with Crippen molar-refractivity contribution in [2.75, 3.05) is 13.2 Å². The quantitative estimate of drug-likeness (QED) is 0.0262. The molecule has 0 aromatic rings. The van der Waals surface area contributed by atoms with Crippen molar-refractivity contribution < 1.29 is 28.6 Å². The molecule has 362 valence electrons. The molecule has 0 spiro atoms. The van der Waals surface area contributed by atoms with Crippen LogP contribution < -0.4 is 0 Å². The van der Waals surface area contributed by atoms with E-state index in [1.807, 2.05) is 0 Å². The van der Waals surface area contributed by atoms with Crippen LogP contribution in [-0.2, 0) is 28.6 Å². The van der Waals surface area contributed by atoms with E-state index in [-0.39, 0.29) is 31.1 Å². The van der Waals surface area contributed by atoms with E-state index in [0.717, 1.165) is 122 Å². The molecule has 0 unspecified atom stereocenters. The van der Waals surface area contributed by atoms with Gasteiger partial charge in [0.05, 0.1) is 0 Å². The first-order valence-electron chi connectivity index (χ1n) is 26.5. The molecule has 0 saturated carbocycles. The number of rotatable bonds is 47. The van der Waals surface area contributed by atoms with Crippen molar-refractivity contribution in [2.45, 2.75) is 258 Å². The Bertz CT molecular complexity index is 1130. The second kappa shape index (κ2) is 51.5. The normalized spacial score (nSPS) is 12.2. The van der Waals surface area contributed by atoms with Gasteiger partial charge < -0.3 is 14.2 Å². The van der Waals surface area contributed by atoms with Gasteiger partial charge in [-0.05, 0) is 96.3 Å². The number of allylic oxidation sites excluding steroid dienone is 12. The van der Waals surface area contributed by atoms with Gasteiger partial charge in [0, 0.05) is 19.3 Å². The lowest BCUT2D eigenvalue weighted by Gasteiger charge is -2.18. The summed E-state index contributed by atoms with van der Waals surface area (Å²) in [6.07, 6.45) is 64.4. The summed E-state index contributed by atoms with van der Waals surface area (Å²) in [6.45, 7) is 6.54. The molecule has 0 aromatic carbocycles. The molecule has 0 aliphatic carbocycles. The predicted molar refractivity (Wildman–Crippen MR) is 270 cm³/mol. The van der Waals surface area contributed by atoms with Crippen molar-refractivity contribution in [3.05, 3.63) is 72.9 Å². The Morgan fingerprint density at radius 1 is 0.317 bits per heavy atom. The number of carbonyl (C=O) groups excluding carboxylic acids is 3. The molecule has 0 aliphatic rings. The largest absolute Gasteiger partial charge is 0.462 e. The lowest BCUT2D eigenvalue weighted by molar-refractivity contribution is -0.167. The molecule has 0 atom stereocenters. The monoisotopic (exact) mass is 879 g/mol. The van der Waals surface area contributed by atoms with Crippen LogP contribution in [0.1, 0.15) is 252 Å². The molecule has 6 heteroatoms. The van der Waals surface area contributed by atoms with Gasteiger partial charge in [0.1, 0.15) is 13.2 Å². The summed E-state index contributed by atoms with van der Waals surface area (Å²) in [5, 5.41) is 0. The van der Waals surface area contributed by atoms with Crippen LogP contribution in [0.5, 0.6) is 0 Å². The fourth-order valence-electron chi connectivity index (χ4n) is 7.18. The Labute approximate surface area is 389 Å². The number of ether oxygens (including phenoxy) is 3. The molecule has 0 N–H and O–H groups in total. The van der Waals surface area contributed by atoms with E-state index in [4.69, 9.17) is 14.2 Å². The third-order valence-electron chi connectivity index (χ3n) is 11.2. The summed E-state index contributed by atoms with van der Waals surface area (Å²) in [6, 6.07) is 0. The molecule has 0 saturated heterocycles. The molecule has 0 rings (SSSR count). The number of hydrogen-bond acceptors (Lipinski definition) is 6. The van der Waals surface area contributed by atoms with Crippen molar-refractivity contribution in [3.63, 3.8) is 0 Å². The number of hydrogen-bond donors (Lipinski definition) is 0. The molecule has 0 heterocycles. The summed E-state index contributed by atoms with van der Waals surface area (Å²) < 4.78 is 16.8.